The average molecular weight is 326 g/mol. The molecule has 3 rings (SSSR count). The van der Waals surface area contributed by atoms with E-state index in [0.29, 0.717) is 12.6 Å². The molecule has 5 nitrogen and oxygen atoms in total. The van der Waals surface area contributed by atoms with Crippen LogP contribution >= 0.6 is 0 Å². The average Bonchev–Trinajstić information content (AvgIpc) is 3.08. The first-order valence-corrected chi connectivity index (χ1v) is 8.56. The lowest BCUT2D eigenvalue weighted by Gasteiger charge is -2.24. The Balaban J connectivity index is 1.68. The lowest BCUT2D eigenvalue weighted by Crippen LogP contribution is -2.33. The fourth-order valence-corrected chi connectivity index (χ4v) is 3.50. The number of hydrogen-bond donors (Lipinski definition) is 1. The zero-order valence-corrected chi connectivity index (χ0v) is 15.0. The number of aromatic nitrogens is 2. The number of carbonyl (C=O) groups is 1. The highest BCUT2D eigenvalue weighted by atomic mass is 16.2. The minimum atomic E-state index is 0.0354. The predicted octanol–water partition coefficient (Wildman–Crippen LogP) is 3.12. The van der Waals surface area contributed by atoms with Gasteiger partial charge in [0.25, 0.3) is 0 Å². The Morgan fingerprint density at radius 3 is 2.58 bits per heavy atom. The van der Waals surface area contributed by atoms with Crippen molar-refractivity contribution < 1.29 is 4.79 Å². The third kappa shape index (κ3) is 3.36. The molecule has 0 aliphatic carbocycles. The van der Waals surface area contributed by atoms with Gasteiger partial charge in [0.1, 0.15) is 0 Å². The summed E-state index contributed by atoms with van der Waals surface area (Å²) in [6, 6.07) is 9.01. The van der Waals surface area contributed by atoms with Crippen LogP contribution in [0, 0.1) is 20.8 Å². The van der Waals surface area contributed by atoms with Gasteiger partial charge in [0.05, 0.1) is 23.6 Å². The fourth-order valence-electron chi connectivity index (χ4n) is 3.50. The molecule has 0 bridgehead atoms. The van der Waals surface area contributed by atoms with Crippen molar-refractivity contribution in [2.24, 2.45) is 7.05 Å². The van der Waals surface area contributed by atoms with Gasteiger partial charge in [-0.1, -0.05) is 29.8 Å². The fraction of sp³-hybridized carbons (Fsp3) is 0.474. The molecule has 2 aromatic rings. The van der Waals surface area contributed by atoms with Crippen molar-refractivity contribution in [2.75, 3.05) is 18.4 Å². The molecule has 2 heterocycles. The SMILES string of the molecule is Cc1ccc(C2CCCN2CC(=O)Nc2c(C)nn(C)c2C)cc1. The van der Waals surface area contributed by atoms with E-state index in [1.54, 1.807) is 4.68 Å². The van der Waals surface area contributed by atoms with Crippen LogP contribution in [-0.2, 0) is 11.8 Å². The lowest BCUT2D eigenvalue weighted by molar-refractivity contribution is -0.117. The molecule has 0 radical (unpaired) electrons. The summed E-state index contributed by atoms with van der Waals surface area (Å²) >= 11 is 0. The number of rotatable bonds is 4. The maximum atomic E-state index is 12.5. The molecule has 1 N–H and O–H groups in total. The number of carbonyl (C=O) groups excluding carboxylic acids is 1. The maximum absolute atomic E-state index is 12.5. The van der Waals surface area contributed by atoms with Gasteiger partial charge in [0.15, 0.2) is 0 Å². The quantitative estimate of drug-likeness (QED) is 0.939. The van der Waals surface area contributed by atoms with E-state index < -0.39 is 0 Å². The van der Waals surface area contributed by atoms with E-state index in [1.807, 2.05) is 20.9 Å². The molecular formula is C19H26N4O. The van der Waals surface area contributed by atoms with Crippen LogP contribution in [0.1, 0.15) is 41.4 Å². The Morgan fingerprint density at radius 1 is 1.25 bits per heavy atom. The number of hydrogen-bond acceptors (Lipinski definition) is 3. The summed E-state index contributed by atoms with van der Waals surface area (Å²) in [4.78, 5) is 14.8. The highest BCUT2D eigenvalue weighted by Crippen LogP contribution is 2.31. The molecule has 5 heteroatoms. The summed E-state index contributed by atoms with van der Waals surface area (Å²) in [5, 5.41) is 7.40. The number of benzene rings is 1. The van der Waals surface area contributed by atoms with Crippen LogP contribution in [0.4, 0.5) is 5.69 Å². The van der Waals surface area contributed by atoms with Gasteiger partial charge in [-0.15, -0.1) is 0 Å². The van der Waals surface area contributed by atoms with E-state index in [0.717, 1.165) is 36.5 Å². The highest BCUT2D eigenvalue weighted by Gasteiger charge is 2.27. The molecule has 1 aromatic carbocycles. The van der Waals surface area contributed by atoms with Gasteiger partial charge in [0.2, 0.25) is 5.91 Å². The van der Waals surface area contributed by atoms with Gasteiger partial charge < -0.3 is 5.32 Å². The molecule has 128 valence electrons. The van der Waals surface area contributed by atoms with Gasteiger partial charge in [-0.05, 0) is 45.7 Å². The van der Waals surface area contributed by atoms with E-state index in [-0.39, 0.29) is 5.91 Å². The van der Waals surface area contributed by atoms with Crippen molar-refractivity contribution in [2.45, 2.75) is 39.7 Å². The Morgan fingerprint density at radius 2 is 1.96 bits per heavy atom. The zero-order chi connectivity index (χ0) is 17.3. The Hall–Kier alpha value is -2.14. The van der Waals surface area contributed by atoms with Crippen molar-refractivity contribution in [3.63, 3.8) is 0 Å². The van der Waals surface area contributed by atoms with Crippen LogP contribution in [0.25, 0.3) is 0 Å². The molecule has 0 spiro atoms. The summed E-state index contributed by atoms with van der Waals surface area (Å²) in [5.74, 6) is 0.0354. The molecule has 1 aliphatic rings. The molecule has 1 saturated heterocycles. The molecular weight excluding hydrogens is 300 g/mol. The van der Waals surface area contributed by atoms with Crippen LogP contribution in [0.5, 0.6) is 0 Å². The van der Waals surface area contributed by atoms with Gasteiger partial charge in [-0.3, -0.25) is 14.4 Å². The molecule has 24 heavy (non-hydrogen) atoms. The van der Waals surface area contributed by atoms with E-state index in [4.69, 9.17) is 0 Å². The van der Waals surface area contributed by atoms with Crippen LogP contribution in [0.2, 0.25) is 0 Å². The number of aryl methyl sites for hydroxylation is 3. The summed E-state index contributed by atoms with van der Waals surface area (Å²) < 4.78 is 1.80. The smallest absolute Gasteiger partial charge is 0.238 e. The molecule has 1 fully saturated rings. The van der Waals surface area contributed by atoms with Crippen molar-refractivity contribution in [3.05, 3.63) is 46.8 Å². The van der Waals surface area contributed by atoms with E-state index in [2.05, 4.69) is 46.5 Å². The first kappa shape index (κ1) is 16.7. The Labute approximate surface area is 143 Å². The third-order valence-corrected chi connectivity index (χ3v) is 4.95. The molecule has 1 unspecified atom stereocenters. The predicted molar refractivity (Wildman–Crippen MR) is 96.0 cm³/mol. The first-order chi connectivity index (χ1) is 11.5. The van der Waals surface area contributed by atoms with Crippen LogP contribution in [0.15, 0.2) is 24.3 Å². The minimum absolute atomic E-state index is 0.0354. The molecule has 1 amide bonds. The Bertz CT molecular complexity index is 733. The first-order valence-electron chi connectivity index (χ1n) is 8.56. The van der Waals surface area contributed by atoms with Crippen molar-refractivity contribution in [1.82, 2.24) is 14.7 Å². The summed E-state index contributed by atoms with van der Waals surface area (Å²) in [5.41, 5.74) is 5.26. The second kappa shape index (κ2) is 6.77. The molecule has 1 atom stereocenters. The number of amides is 1. The Kier molecular flexibility index (Phi) is 4.71. The van der Waals surface area contributed by atoms with E-state index >= 15 is 0 Å². The summed E-state index contributed by atoms with van der Waals surface area (Å²) in [6.45, 7) is 7.39. The van der Waals surface area contributed by atoms with Crippen LogP contribution < -0.4 is 5.32 Å². The highest BCUT2D eigenvalue weighted by molar-refractivity contribution is 5.93. The summed E-state index contributed by atoms with van der Waals surface area (Å²) in [6.07, 6.45) is 2.25. The van der Waals surface area contributed by atoms with Gasteiger partial charge in [-0.2, -0.15) is 5.10 Å². The number of likely N-dealkylation sites (tertiary alicyclic amines) is 1. The summed E-state index contributed by atoms with van der Waals surface area (Å²) in [7, 11) is 1.89. The van der Waals surface area contributed by atoms with Crippen LogP contribution in [-0.4, -0.2) is 33.7 Å². The largest absolute Gasteiger partial charge is 0.322 e. The number of anilines is 1. The van der Waals surface area contributed by atoms with Crippen LogP contribution in [0.3, 0.4) is 0 Å². The minimum Gasteiger partial charge on any atom is -0.322 e. The van der Waals surface area contributed by atoms with E-state index in [1.165, 1.54) is 11.1 Å². The number of nitrogens with zero attached hydrogens (tertiary/aromatic N) is 3. The topological polar surface area (TPSA) is 50.2 Å². The van der Waals surface area contributed by atoms with Crippen molar-refractivity contribution in [1.29, 1.82) is 0 Å². The third-order valence-electron chi connectivity index (χ3n) is 4.95. The van der Waals surface area contributed by atoms with Gasteiger partial charge >= 0.3 is 0 Å². The van der Waals surface area contributed by atoms with Gasteiger partial charge in [0, 0.05) is 13.1 Å². The number of nitrogens with one attached hydrogen (secondary N) is 1. The molecule has 1 aromatic heterocycles. The maximum Gasteiger partial charge on any atom is 0.238 e. The second-order valence-electron chi connectivity index (χ2n) is 6.76. The van der Waals surface area contributed by atoms with E-state index in [9.17, 15) is 4.79 Å². The van der Waals surface area contributed by atoms with Crippen molar-refractivity contribution >= 4 is 11.6 Å². The lowest BCUT2D eigenvalue weighted by atomic mass is 10.0. The standard InChI is InChI=1S/C19H26N4O/c1-13-7-9-16(10-8-13)17-6-5-11-23(17)12-18(24)20-19-14(2)21-22(4)15(19)3/h7-10,17H,5-6,11-12H2,1-4H3,(H,20,24). The van der Waals surface area contributed by atoms with Crippen molar-refractivity contribution in [3.8, 4) is 0 Å². The zero-order valence-electron chi connectivity index (χ0n) is 15.0. The second-order valence-corrected chi connectivity index (χ2v) is 6.76. The normalized spacial score (nSPS) is 18.1. The molecule has 0 saturated carbocycles. The molecule has 1 aliphatic heterocycles. The van der Waals surface area contributed by atoms with Gasteiger partial charge in [-0.25, -0.2) is 0 Å². The monoisotopic (exact) mass is 326 g/mol.